The molecule has 1 saturated heterocycles. The van der Waals surface area contributed by atoms with Gasteiger partial charge in [0, 0.05) is 25.7 Å². The third-order valence-electron chi connectivity index (χ3n) is 12.0. The Labute approximate surface area is 226 Å². The number of hydrogen-bond acceptors (Lipinski definition) is 6. The first-order valence-corrected chi connectivity index (χ1v) is 15.6. The molecule has 1 heterocycles. The number of aliphatic hydroxyl groups is 1. The summed E-state index contributed by atoms with van der Waals surface area (Å²) in [7, 11) is 4.12. The van der Waals surface area contributed by atoms with Gasteiger partial charge in [0.15, 0.2) is 0 Å². The fourth-order valence-electron chi connectivity index (χ4n) is 9.57. The predicted octanol–water partition coefficient (Wildman–Crippen LogP) is 5.34. The average molecular weight is 518 g/mol. The Kier molecular flexibility index (Phi) is 8.33. The molecule has 0 radical (unpaired) electrons. The zero-order valence-corrected chi connectivity index (χ0v) is 24.3. The molecule has 37 heavy (non-hydrogen) atoms. The first-order chi connectivity index (χ1) is 17.7. The highest BCUT2D eigenvalue weighted by Gasteiger charge is 2.65. The van der Waals surface area contributed by atoms with Crippen LogP contribution in [-0.2, 0) is 9.57 Å². The van der Waals surface area contributed by atoms with E-state index in [4.69, 9.17) is 9.57 Å². The van der Waals surface area contributed by atoms with Crippen LogP contribution in [0.3, 0.4) is 0 Å². The van der Waals surface area contributed by atoms with E-state index in [1.165, 1.54) is 70.9 Å². The summed E-state index contributed by atoms with van der Waals surface area (Å²) >= 11 is 0. The lowest BCUT2D eigenvalue weighted by Gasteiger charge is -2.64. The molecule has 1 aliphatic heterocycles. The smallest absolute Gasteiger partial charge is 0.129 e. The van der Waals surface area contributed by atoms with Crippen LogP contribution in [0, 0.1) is 28.6 Å². The van der Waals surface area contributed by atoms with Crippen molar-refractivity contribution in [2.75, 3.05) is 53.5 Å². The molecule has 6 nitrogen and oxygen atoms in total. The quantitative estimate of drug-likeness (QED) is 0.241. The highest BCUT2D eigenvalue weighted by Crippen LogP contribution is 2.68. The number of likely N-dealkylation sites (tertiary alicyclic amines) is 1. The molecule has 5 fully saturated rings. The highest BCUT2D eigenvalue weighted by atomic mass is 16.6. The molecule has 5 rings (SSSR count). The number of nitrogens with zero attached hydrogens (tertiary/aromatic N) is 3. The van der Waals surface area contributed by atoms with Crippen LogP contribution in [0.25, 0.3) is 0 Å². The second-order valence-electron chi connectivity index (χ2n) is 14.3. The van der Waals surface area contributed by atoms with Crippen molar-refractivity contribution in [3.63, 3.8) is 0 Å². The monoisotopic (exact) mass is 517 g/mol. The average Bonchev–Trinajstić information content (AvgIpc) is 3.49. The van der Waals surface area contributed by atoms with Crippen molar-refractivity contribution >= 4 is 6.21 Å². The van der Waals surface area contributed by atoms with Crippen LogP contribution in [-0.4, -0.2) is 85.8 Å². The largest absolute Gasteiger partial charge is 0.395 e. The van der Waals surface area contributed by atoms with E-state index in [1.807, 2.05) is 6.21 Å². The van der Waals surface area contributed by atoms with Crippen molar-refractivity contribution in [2.45, 2.75) is 109 Å². The molecule has 6 heteroatoms. The molecule has 7 atom stereocenters. The van der Waals surface area contributed by atoms with Gasteiger partial charge in [0.1, 0.15) is 6.61 Å². The minimum atomic E-state index is -0.429. The lowest BCUT2D eigenvalue weighted by molar-refractivity contribution is -0.214. The van der Waals surface area contributed by atoms with Gasteiger partial charge in [-0.15, -0.1) is 0 Å². The lowest BCUT2D eigenvalue weighted by atomic mass is 9.43. The first kappa shape index (κ1) is 27.9. The molecule has 0 bridgehead atoms. The minimum absolute atomic E-state index is 0.126. The van der Waals surface area contributed by atoms with Gasteiger partial charge in [-0.05, 0) is 133 Å². The van der Waals surface area contributed by atoms with E-state index in [-0.39, 0.29) is 11.0 Å². The maximum absolute atomic E-state index is 12.1. The number of fused-ring (bicyclic) bond motifs is 5. The van der Waals surface area contributed by atoms with Crippen molar-refractivity contribution in [1.29, 1.82) is 0 Å². The summed E-state index contributed by atoms with van der Waals surface area (Å²) in [4.78, 5) is 10.2. The lowest BCUT2D eigenvalue weighted by Crippen LogP contribution is -2.62. The maximum atomic E-state index is 12.1. The summed E-state index contributed by atoms with van der Waals surface area (Å²) in [5.41, 5.74) is -0.0823. The van der Waals surface area contributed by atoms with Crippen LogP contribution in [0.1, 0.15) is 97.3 Å². The zero-order chi connectivity index (χ0) is 26.2. The van der Waals surface area contributed by atoms with Gasteiger partial charge in [-0.3, -0.25) is 0 Å². The van der Waals surface area contributed by atoms with Crippen LogP contribution in [0.5, 0.6) is 0 Å². The fraction of sp³-hybridized carbons (Fsp3) is 0.968. The normalized spacial score (nSPS) is 44.2. The molecule has 1 N–H and O–H groups in total. The first-order valence-electron chi connectivity index (χ1n) is 15.6. The third kappa shape index (κ3) is 5.38. The van der Waals surface area contributed by atoms with Crippen molar-refractivity contribution < 1.29 is 14.7 Å². The minimum Gasteiger partial charge on any atom is -0.395 e. The molecular formula is C31H55N3O3. The molecule has 4 aliphatic carbocycles. The standard InChI is InChI=1S/C31H55N3O3/c1-28-11-7-12-31(28,35)27-9-8-25-24-30(16-17-32-37-23-20-33(3)4,36-22-21-34-18-5-6-19-34)15-14-29(25,2)26(27)10-13-28/h17,25-27,35H,5-16,18-24H2,1-4H3/b32-17-/t25?,26-,27-,28+,29+,30?,31-/m1/s1. The van der Waals surface area contributed by atoms with Gasteiger partial charge in [0.25, 0.3) is 0 Å². The highest BCUT2D eigenvalue weighted by molar-refractivity contribution is 5.58. The predicted molar refractivity (Wildman–Crippen MR) is 150 cm³/mol. The summed E-state index contributed by atoms with van der Waals surface area (Å²) in [6.07, 6.45) is 17.3. The molecule has 0 spiro atoms. The Morgan fingerprint density at radius 3 is 2.54 bits per heavy atom. The Bertz CT molecular complexity index is 801. The molecule has 0 aromatic rings. The SMILES string of the molecule is CN(C)CCO/N=C\CC1(OCCN2CCCC2)CC[C@@]2(C)C(CC[C@@H]3[C@H]2CC[C@]2(C)CCC[C@@]32O)C1. The van der Waals surface area contributed by atoms with E-state index in [1.54, 1.807) is 0 Å². The molecule has 0 amide bonds. The second kappa shape index (κ2) is 11.1. The number of hydrogen-bond donors (Lipinski definition) is 1. The maximum Gasteiger partial charge on any atom is 0.129 e. The second-order valence-corrected chi connectivity index (χ2v) is 14.3. The van der Waals surface area contributed by atoms with E-state index < -0.39 is 5.60 Å². The molecule has 212 valence electrons. The van der Waals surface area contributed by atoms with Crippen molar-refractivity contribution in [1.82, 2.24) is 9.80 Å². The zero-order valence-electron chi connectivity index (χ0n) is 24.3. The van der Waals surface area contributed by atoms with E-state index in [9.17, 15) is 5.11 Å². The van der Waals surface area contributed by atoms with Gasteiger partial charge < -0.3 is 24.5 Å². The van der Waals surface area contributed by atoms with Gasteiger partial charge in [-0.1, -0.05) is 19.0 Å². The van der Waals surface area contributed by atoms with Crippen LogP contribution in [0.15, 0.2) is 5.16 Å². The molecule has 4 saturated carbocycles. The number of oxime groups is 1. The number of ether oxygens (including phenoxy) is 1. The summed E-state index contributed by atoms with van der Waals surface area (Å²) in [5, 5.41) is 16.4. The van der Waals surface area contributed by atoms with Crippen LogP contribution in [0.2, 0.25) is 0 Å². The van der Waals surface area contributed by atoms with E-state index >= 15 is 0 Å². The summed E-state index contributed by atoms with van der Waals surface area (Å²) in [6.45, 7) is 10.8. The Balaban J connectivity index is 1.26. The number of likely N-dealkylation sites (N-methyl/N-ethyl adjacent to an activating group) is 1. The third-order valence-corrected chi connectivity index (χ3v) is 12.0. The van der Waals surface area contributed by atoms with E-state index in [2.05, 4.69) is 42.9 Å². The van der Waals surface area contributed by atoms with Crippen molar-refractivity contribution in [3.05, 3.63) is 0 Å². The van der Waals surface area contributed by atoms with Gasteiger partial charge in [-0.25, -0.2) is 0 Å². The van der Waals surface area contributed by atoms with Crippen LogP contribution in [0.4, 0.5) is 0 Å². The molecule has 0 aromatic carbocycles. The molecule has 0 aromatic heterocycles. The van der Waals surface area contributed by atoms with E-state index in [0.717, 1.165) is 45.4 Å². The topological polar surface area (TPSA) is 57.5 Å². The molecule has 5 aliphatic rings. The van der Waals surface area contributed by atoms with Gasteiger partial charge in [-0.2, -0.15) is 0 Å². The van der Waals surface area contributed by atoms with Crippen molar-refractivity contribution in [3.8, 4) is 0 Å². The van der Waals surface area contributed by atoms with E-state index in [0.29, 0.717) is 29.8 Å². The number of rotatable bonds is 10. The fourth-order valence-corrected chi connectivity index (χ4v) is 9.57. The van der Waals surface area contributed by atoms with Gasteiger partial charge in [0.05, 0.1) is 17.8 Å². The van der Waals surface area contributed by atoms with Gasteiger partial charge in [0.2, 0.25) is 0 Å². The molecule has 2 unspecified atom stereocenters. The summed E-state index contributed by atoms with van der Waals surface area (Å²) in [6, 6.07) is 0. The van der Waals surface area contributed by atoms with Gasteiger partial charge >= 0.3 is 0 Å². The summed E-state index contributed by atoms with van der Waals surface area (Å²) < 4.78 is 6.87. The van der Waals surface area contributed by atoms with Crippen LogP contribution < -0.4 is 0 Å². The Morgan fingerprint density at radius 1 is 0.946 bits per heavy atom. The van der Waals surface area contributed by atoms with Crippen LogP contribution >= 0.6 is 0 Å². The Hall–Kier alpha value is -0.690. The van der Waals surface area contributed by atoms with Crippen molar-refractivity contribution in [2.24, 2.45) is 33.7 Å². The Morgan fingerprint density at radius 2 is 1.76 bits per heavy atom. The summed E-state index contributed by atoms with van der Waals surface area (Å²) in [5.74, 6) is 1.82. The molecular weight excluding hydrogens is 462 g/mol.